The van der Waals surface area contributed by atoms with E-state index in [1.54, 1.807) is 0 Å². The lowest BCUT2D eigenvalue weighted by atomic mass is 9.86. The molecule has 0 fully saturated rings. The molecule has 5 heteroatoms. The summed E-state index contributed by atoms with van der Waals surface area (Å²) in [6.45, 7) is 8.30. The topological polar surface area (TPSA) is 70.7 Å². The number of benzene rings is 1. The molecule has 106 valence electrons. The standard InChI is InChI=1S/C15H20N4O/c1-10(13-16-9-17-19-13)18-14(20)11-5-7-12(8-6-11)15(2,3)4/h5-10H,1-4H3,(H,18,20)(H,16,17,19). The SMILES string of the molecule is CC(NC(=O)c1ccc(C(C)(C)C)cc1)c1ncn[nH]1. The van der Waals surface area contributed by atoms with Crippen LogP contribution in [0.3, 0.4) is 0 Å². The molecule has 2 N–H and O–H groups in total. The summed E-state index contributed by atoms with van der Waals surface area (Å²) in [5, 5.41) is 9.41. The first-order valence-corrected chi connectivity index (χ1v) is 6.64. The van der Waals surface area contributed by atoms with Crippen LogP contribution in [-0.2, 0) is 5.41 Å². The van der Waals surface area contributed by atoms with E-state index in [0.717, 1.165) is 0 Å². The summed E-state index contributed by atoms with van der Waals surface area (Å²) in [6, 6.07) is 7.49. The van der Waals surface area contributed by atoms with Crippen molar-refractivity contribution in [3.63, 3.8) is 0 Å². The van der Waals surface area contributed by atoms with E-state index < -0.39 is 0 Å². The molecule has 0 bridgehead atoms. The van der Waals surface area contributed by atoms with Gasteiger partial charge in [-0.05, 0) is 30.0 Å². The van der Waals surface area contributed by atoms with Crippen LogP contribution in [0.5, 0.6) is 0 Å². The number of carbonyl (C=O) groups excluding carboxylic acids is 1. The van der Waals surface area contributed by atoms with Crippen LogP contribution in [-0.4, -0.2) is 21.1 Å². The average Bonchev–Trinajstić information content (AvgIpc) is 2.91. The first kappa shape index (κ1) is 14.2. The highest BCUT2D eigenvalue weighted by molar-refractivity contribution is 5.94. The summed E-state index contributed by atoms with van der Waals surface area (Å²) in [4.78, 5) is 16.2. The Balaban J connectivity index is 2.06. The number of amides is 1. The number of carbonyl (C=O) groups is 1. The molecule has 0 spiro atoms. The molecule has 0 aliphatic carbocycles. The smallest absolute Gasteiger partial charge is 0.251 e. The van der Waals surface area contributed by atoms with E-state index in [1.165, 1.54) is 11.9 Å². The molecule has 0 aliphatic heterocycles. The van der Waals surface area contributed by atoms with Crippen LogP contribution in [0.4, 0.5) is 0 Å². The van der Waals surface area contributed by atoms with Gasteiger partial charge in [0.05, 0.1) is 6.04 Å². The van der Waals surface area contributed by atoms with Gasteiger partial charge in [0.15, 0.2) is 0 Å². The molecule has 20 heavy (non-hydrogen) atoms. The van der Waals surface area contributed by atoms with Crippen molar-refractivity contribution in [3.8, 4) is 0 Å². The summed E-state index contributed by atoms with van der Waals surface area (Å²) < 4.78 is 0. The summed E-state index contributed by atoms with van der Waals surface area (Å²) in [5.74, 6) is 0.527. The van der Waals surface area contributed by atoms with Gasteiger partial charge >= 0.3 is 0 Å². The fraction of sp³-hybridized carbons (Fsp3) is 0.400. The fourth-order valence-corrected chi connectivity index (χ4v) is 1.89. The summed E-state index contributed by atoms with van der Waals surface area (Å²) in [7, 11) is 0. The first-order valence-electron chi connectivity index (χ1n) is 6.64. The zero-order chi connectivity index (χ0) is 14.8. The van der Waals surface area contributed by atoms with Crippen molar-refractivity contribution in [3.05, 3.63) is 47.5 Å². The minimum Gasteiger partial charge on any atom is -0.342 e. The molecule has 1 atom stereocenters. The highest BCUT2D eigenvalue weighted by atomic mass is 16.1. The van der Waals surface area contributed by atoms with Gasteiger partial charge in [-0.3, -0.25) is 9.89 Å². The number of hydrogen-bond acceptors (Lipinski definition) is 3. The average molecular weight is 272 g/mol. The van der Waals surface area contributed by atoms with Crippen molar-refractivity contribution in [2.45, 2.75) is 39.2 Å². The molecule has 0 aliphatic rings. The molecule has 1 unspecified atom stereocenters. The van der Waals surface area contributed by atoms with E-state index in [1.807, 2.05) is 31.2 Å². The van der Waals surface area contributed by atoms with Crippen LogP contribution in [0.25, 0.3) is 0 Å². The zero-order valence-corrected chi connectivity index (χ0v) is 12.3. The van der Waals surface area contributed by atoms with Gasteiger partial charge in [0.25, 0.3) is 5.91 Å². The quantitative estimate of drug-likeness (QED) is 0.902. The maximum Gasteiger partial charge on any atom is 0.251 e. The Morgan fingerprint density at radius 1 is 1.25 bits per heavy atom. The third-order valence-electron chi connectivity index (χ3n) is 3.20. The van der Waals surface area contributed by atoms with Gasteiger partial charge in [-0.1, -0.05) is 32.9 Å². The van der Waals surface area contributed by atoms with Gasteiger partial charge in [0.1, 0.15) is 12.2 Å². The zero-order valence-electron chi connectivity index (χ0n) is 12.3. The Morgan fingerprint density at radius 3 is 2.40 bits per heavy atom. The highest BCUT2D eigenvalue weighted by Gasteiger charge is 2.16. The Morgan fingerprint density at radius 2 is 1.90 bits per heavy atom. The Labute approximate surface area is 118 Å². The predicted molar refractivity (Wildman–Crippen MR) is 77.4 cm³/mol. The summed E-state index contributed by atoms with van der Waals surface area (Å²) in [6.07, 6.45) is 1.43. The molecular weight excluding hydrogens is 252 g/mol. The molecule has 2 rings (SSSR count). The van der Waals surface area contributed by atoms with Crippen molar-refractivity contribution >= 4 is 5.91 Å². The number of nitrogens with zero attached hydrogens (tertiary/aromatic N) is 2. The first-order chi connectivity index (χ1) is 9.38. The second-order valence-electron chi connectivity index (χ2n) is 5.89. The Hall–Kier alpha value is -2.17. The third kappa shape index (κ3) is 3.23. The van der Waals surface area contributed by atoms with Gasteiger partial charge in [-0.25, -0.2) is 4.98 Å². The molecule has 0 saturated carbocycles. The van der Waals surface area contributed by atoms with Gasteiger partial charge < -0.3 is 5.32 Å². The lowest BCUT2D eigenvalue weighted by molar-refractivity contribution is 0.0938. The van der Waals surface area contributed by atoms with E-state index in [4.69, 9.17) is 0 Å². The van der Waals surface area contributed by atoms with Crippen molar-refractivity contribution in [2.24, 2.45) is 0 Å². The maximum absolute atomic E-state index is 12.1. The van der Waals surface area contributed by atoms with Gasteiger partial charge in [0, 0.05) is 5.56 Å². The normalized spacial score (nSPS) is 13.0. The number of hydrogen-bond donors (Lipinski definition) is 2. The van der Waals surface area contributed by atoms with Crippen LogP contribution in [0.1, 0.15) is 55.5 Å². The molecular formula is C15H20N4O. The molecule has 5 nitrogen and oxygen atoms in total. The molecule has 0 radical (unpaired) electrons. The Kier molecular flexibility index (Phi) is 3.88. The minimum atomic E-state index is -0.202. The van der Waals surface area contributed by atoms with Gasteiger partial charge in [-0.15, -0.1) is 0 Å². The molecule has 1 aromatic carbocycles. The van der Waals surface area contributed by atoms with E-state index in [2.05, 4.69) is 41.3 Å². The molecule has 1 aromatic heterocycles. The summed E-state index contributed by atoms with van der Waals surface area (Å²) >= 11 is 0. The Bertz CT molecular complexity index is 567. The number of H-pyrrole nitrogens is 1. The van der Waals surface area contributed by atoms with E-state index in [0.29, 0.717) is 11.4 Å². The second kappa shape index (κ2) is 5.45. The van der Waals surface area contributed by atoms with Crippen molar-refractivity contribution in [1.82, 2.24) is 20.5 Å². The fourth-order valence-electron chi connectivity index (χ4n) is 1.89. The van der Waals surface area contributed by atoms with Gasteiger partial charge in [0.2, 0.25) is 0 Å². The second-order valence-corrected chi connectivity index (χ2v) is 5.89. The lowest BCUT2D eigenvalue weighted by Gasteiger charge is -2.19. The molecule has 2 aromatic rings. The van der Waals surface area contributed by atoms with Crippen LogP contribution in [0, 0.1) is 0 Å². The lowest BCUT2D eigenvalue weighted by Crippen LogP contribution is -2.27. The summed E-state index contributed by atoms with van der Waals surface area (Å²) in [5.41, 5.74) is 1.93. The van der Waals surface area contributed by atoms with Crippen LogP contribution in [0.15, 0.2) is 30.6 Å². The number of rotatable bonds is 3. The monoisotopic (exact) mass is 272 g/mol. The van der Waals surface area contributed by atoms with Gasteiger partial charge in [-0.2, -0.15) is 5.10 Å². The van der Waals surface area contributed by atoms with Crippen LogP contribution >= 0.6 is 0 Å². The van der Waals surface area contributed by atoms with Crippen molar-refractivity contribution in [2.75, 3.05) is 0 Å². The van der Waals surface area contributed by atoms with E-state index in [9.17, 15) is 4.79 Å². The van der Waals surface area contributed by atoms with Crippen LogP contribution in [0.2, 0.25) is 0 Å². The largest absolute Gasteiger partial charge is 0.342 e. The number of aromatic amines is 1. The van der Waals surface area contributed by atoms with Crippen molar-refractivity contribution < 1.29 is 4.79 Å². The highest BCUT2D eigenvalue weighted by Crippen LogP contribution is 2.22. The minimum absolute atomic E-state index is 0.0855. The predicted octanol–water partition coefficient (Wildman–Crippen LogP) is 2.59. The number of nitrogens with one attached hydrogen (secondary N) is 2. The molecule has 0 saturated heterocycles. The molecule has 1 amide bonds. The maximum atomic E-state index is 12.1. The number of aromatic nitrogens is 3. The van der Waals surface area contributed by atoms with Crippen molar-refractivity contribution in [1.29, 1.82) is 0 Å². The molecule has 1 heterocycles. The third-order valence-corrected chi connectivity index (χ3v) is 3.20. The van der Waals surface area contributed by atoms with Crippen LogP contribution < -0.4 is 5.32 Å². The van der Waals surface area contributed by atoms with E-state index in [-0.39, 0.29) is 17.4 Å². The van der Waals surface area contributed by atoms with E-state index >= 15 is 0 Å².